The molecule has 0 atom stereocenters. The minimum atomic E-state index is -0.234. The van der Waals surface area contributed by atoms with Gasteiger partial charge in [0, 0.05) is 49.7 Å². The normalized spacial score (nSPS) is 14.0. The van der Waals surface area contributed by atoms with Gasteiger partial charge in [-0.05, 0) is 29.8 Å². The molecule has 4 heterocycles. The van der Waals surface area contributed by atoms with Crippen molar-refractivity contribution in [2.45, 2.75) is 0 Å². The van der Waals surface area contributed by atoms with Crippen molar-refractivity contribution < 1.29 is 4.79 Å². The summed E-state index contributed by atoms with van der Waals surface area (Å²) in [5.41, 5.74) is 8.42. The van der Waals surface area contributed by atoms with Crippen LogP contribution < -0.4 is 10.7 Å². The Labute approximate surface area is 159 Å². The number of rotatable bonds is 4. The molecule has 9 nitrogen and oxygen atoms in total. The van der Waals surface area contributed by atoms with Crippen molar-refractivity contribution in [2.24, 2.45) is 0 Å². The lowest BCUT2D eigenvalue weighted by molar-refractivity contribution is 0.0948. The summed E-state index contributed by atoms with van der Waals surface area (Å²) in [4.78, 5) is 24.1. The van der Waals surface area contributed by atoms with Crippen LogP contribution in [0.25, 0.3) is 33.2 Å². The molecule has 1 aromatic carbocycles. The standard InChI is InChI=1S/C19H18N8O/c1-27-10-11(9-22-27)8-21-19(28)18-23-15-6-13-14(7-16(15)24-18)25-26-17(13)12-2-4-20-5-3-12/h2-7,10,22H,8-9H2,1H3,(H,21,28)(H,23,24)(H,25,26). The molecule has 0 spiro atoms. The quantitative estimate of drug-likeness (QED) is 0.431. The SMILES string of the molecule is CN1C=C(CNC(=O)c2nc3cc4c(-c5ccncc5)n[nH]c4cc3[nH]2)CN1. The van der Waals surface area contributed by atoms with Crippen LogP contribution in [0.3, 0.4) is 0 Å². The fraction of sp³-hybridized carbons (Fsp3) is 0.158. The van der Waals surface area contributed by atoms with E-state index in [1.54, 1.807) is 12.4 Å². The highest BCUT2D eigenvalue weighted by atomic mass is 16.2. The Kier molecular flexibility index (Phi) is 3.80. The lowest BCUT2D eigenvalue weighted by atomic mass is 10.1. The Hall–Kier alpha value is -3.72. The number of benzene rings is 1. The first kappa shape index (κ1) is 16.5. The lowest BCUT2D eigenvalue weighted by Gasteiger charge is -2.04. The first-order chi connectivity index (χ1) is 13.7. The third kappa shape index (κ3) is 2.87. The number of aromatic nitrogens is 5. The smallest absolute Gasteiger partial charge is 0.287 e. The van der Waals surface area contributed by atoms with Crippen LogP contribution in [0, 0.1) is 0 Å². The van der Waals surface area contributed by atoms with E-state index in [1.807, 2.05) is 42.5 Å². The van der Waals surface area contributed by atoms with Gasteiger partial charge in [0.15, 0.2) is 5.82 Å². The van der Waals surface area contributed by atoms with Crippen molar-refractivity contribution in [3.63, 3.8) is 0 Å². The number of pyridine rings is 1. The van der Waals surface area contributed by atoms with Crippen LogP contribution in [0.15, 0.2) is 48.4 Å². The molecular weight excluding hydrogens is 356 g/mol. The average molecular weight is 374 g/mol. The molecule has 5 rings (SSSR count). The second-order valence-electron chi connectivity index (χ2n) is 6.72. The molecular formula is C19H18N8O. The van der Waals surface area contributed by atoms with Crippen LogP contribution in [0.2, 0.25) is 0 Å². The minimum absolute atomic E-state index is 0.234. The van der Waals surface area contributed by atoms with Gasteiger partial charge in [-0.3, -0.25) is 14.9 Å². The highest BCUT2D eigenvalue weighted by molar-refractivity contribution is 6.02. The summed E-state index contributed by atoms with van der Waals surface area (Å²) in [6.45, 7) is 1.20. The predicted molar refractivity (Wildman–Crippen MR) is 105 cm³/mol. The molecule has 0 saturated heterocycles. The van der Waals surface area contributed by atoms with Gasteiger partial charge in [-0.2, -0.15) is 5.10 Å². The molecule has 4 N–H and O–H groups in total. The molecule has 0 unspecified atom stereocenters. The fourth-order valence-electron chi connectivity index (χ4n) is 3.34. The molecule has 9 heteroatoms. The molecule has 1 aliphatic heterocycles. The Morgan fingerprint density at radius 2 is 2.11 bits per heavy atom. The predicted octanol–water partition coefficient (Wildman–Crippen LogP) is 1.56. The van der Waals surface area contributed by atoms with Gasteiger partial charge in [-0.1, -0.05) is 0 Å². The van der Waals surface area contributed by atoms with Crippen molar-refractivity contribution in [3.05, 3.63) is 54.3 Å². The zero-order chi connectivity index (χ0) is 19.1. The Bertz CT molecular complexity index is 1210. The maximum absolute atomic E-state index is 12.5. The summed E-state index contributed by atoms with van der Waals surface area (Å²) < 4.78 is 0. The Morgan fingerprint density at radius 1 is 1.25 bits per heavy atom. The molecule has 140 valence electrons. The monoisotopic (exact) mass is 374 g/mol. The van der Waals surface area contributed by atoms with E-state index >= 15 is 0 Å². The summed E-state index contributed by atoms with van der Waals surface area (Å²) in [5.74, 6) is 0.0591. The number of imidazole rings is 1. The highest BCUT2D eigenvalue weighted by Crippen LogP contribution is 2.28. The van der Waals surface area contributed by atoms with Gasteiger partial charge in [0.2, 0.25) is 0 Å². The van der Waals surface area contributed by atoms with Gasteiger partial charge < -0.3 is 15.3 Å². The van der Waals surface area contributed by atoms with Gasteiger partial charge in [0.1, 0.15) is 5.69 Å². The van der Waals surface area contributed by atoms with E-state index in [-0.39, 0.29) is 5.91 Å². The summed E-state index contributed by atoms with van der Waals surface area (Å²) >= 11 is 0. The topological polar surface area (TPSA) is 115 Å². The van der Waals surface area contributed by atoms with Gasteiger partial charge in [0.05, 0.1) is 16.6 Å². The van der Waals surface area contributed by atoms with E-state index in [9.17, 15) is 4.79 Å². The number of hydrogen-bond acceptors (Lipinski definition) is 6. The van der Waals surface area contributed by atoms with E-state index in [0.29, 0.717) is 12.4 Å². The number of nitrogens with one attached hydrogen (secondary N) is 4. The van der Waals surface area contributed by atoms with E-state index in [1.165, 1.54) is 0 Å². The van der Waals surface area contributed by atoms with Crippen molar-refractivity contribution in [1.29, 1.82) is 0 Å². The van der Waals surface area contributed by atoms with E-state index in [0.717, 1.165) is 45.3 Å². The number of nitrogens with zero attached hydrogens (tertiary/aromatic N) is 4. The van der Waals surface area contributed by atoms with Gasteiger partial charge in [0.25, 0.3) is 5.91 Å². The molecule has 0 radical (unpaired) electrons. The van der Waals surface area contributed by atoms with Gasteiger partial charge in [-0.15, -0.1) is 0 Å². The third-order valence-corrected chi connectivity index (χ3v) is 4.74. The molecule has 0 aliphatic carbocycles. The van der Waals surface area contributed by atoms with Crippen molar-refractivity contribution in [1.82, 2.24) is 40.9 Å². The molecule has 0 saturated carbocycles. The number of carbonyl (C=O) groups is 1. The number of hydrogen-bond donors (Lipinski definition) is 4. The van der Waals surface area contributed by atoms with Crippen molar-refractivity contribution in [2.75, 3.05) is 20.1 Å². The average Bonchev–Trinajstić information content (AvgIpc) is 3.42. The first-order valence-corrected chi connectivity index (χ1v) is 8.90. The third-order valence-electron chi connectivity index (χ3n) is 4.74. The molecule has 28 heavy (non-hydrogen) atoms. The summed E-state index contributed by atoms with van der Waals surface area (Å²) in [7, 11) is 1.92. The molecule has 1 amide bonds. The van der Waals surface area contributed by atoms with E-state index in [4.69, 9.17) is 0 Å². The molecule has 1 aliphatic rings. The summed E-state index contributed by atoms with van der Waals surface area (Å²) in [6.07, 6.45) is 5.44. The maximum atomic E-state index is 12.5. The van der Waals surface area contributed by atoms with Crippen LogP contribution in [0.4, 0.5) is 0 Å². The highest BCUT2D eigenvalue weighted by Gasteiger charge is 2.16. The Balaban J connectivity index is 1.44. The van der Waals surface area contributed by atoms with Gasteiger partial charge in [-0.25, -0.2) is 10.4 Å². The second kappa shape index (κ2) is 6.46. The number of fused-ring (bicyclic) bond motifs is 2. The lowest BCUT2D eigenvalue weighted by Crippen LogP contribution is -2.28. The van der Waals surface area contributed by atoms with Crippen LogP contribution in [0.5, 0.6) is 0 Å². The summed E-state index contributed by atoms with van der Waals surface area (Å²) in [5, 5.41) is 13.2. The van der Waals surface area contributed by atoms with Crippen LogP contribution in [-0.4, -0.2) is 56.2 Å². The molecule has 0 fully saturated rings. The maximum Gasteiger partial charge on any atom is 0.287 e. The molecule has 4 aromatic rings. The van der Waals surface area contributed by atoms with E-state index in [2.05, 4.69) is 35.9 Å². The largest absolute Gasteiger partial charge is 0.346 e. The van der Waals surface area contributed by atoms with E-state index < -0.39 is 0 Å². The number of aromatic amines is 2. The molecule has 3 aromatic heterocycles. The van der Waals surface area contributed by atoms with Crippen LogP contribution >= 0.6 is 0 Å². The second-order valence-corrected chi connectivity index (χ2v) is 6.72. The molecule has 0 bridgehead atoms. The first-order valence-electron chi connectivity index (χ1n) is 8.90. The van der Waals surface area contributed by atoms with Crippen LogP contribution in [-0.2, 0) is 0 Å². The fourth-order valence-corrected chi connectivity index (χ4v) is 3.34. The zero-order valence-corrected chi connectivity index (χ0v) is 15.2. The number of amides is 1. The number of carbonyl (C=O) groups excluding carboxylic acids is 1. The van der Waals surface area contributed by atoms with Crippen molar-refractivity contribution >= 4 is 27.8 Å². The number of hydrazine groups is 1. The minimum Gasteiger partial charge on any atom is -0.346 e. The zero-order valence-electron chi connectivity index (χ0n) is 15.2. The van der Waals surface area contributed by atoms with Crippen LogP contribution in [0.1, 0.15) is 10.6 Å². The van der Waals surface area contributed by atoms with Crippen molar-refractivity contribution in [3.8, 4) is 11.3 Å². The Morgan fingerprint density at radius 3 is 2.89 bits per heavy atom. The summed E-state index contributed by atoms with van der Waals surface area (Å²) in [6, 6.07) is 7.68. The number of H-pyrrole nitrogens is 2. The van der Waals surface area contributed by atoms with Gasteiger partial charge >= 0.3 is 0 Å².